The van der Waals surface area contributed by atoms with Gasteiger partial charge >= 0.3 is 0 Å². The molecule has 0 fully saturated rings. The molecule has 0 aliphatic carbocycles. The average molecular weight is 420 g/mol. The molecule has 28 heavy (non-hydrogen) atoms. The summed E-state index contributed by atoms with van der Waals surface area (Å²) in [6, 6.07) is 14.0. The van der Waals surface area contributed by atoms with Crippen LogP contribution in [-0.4, -0.2) is 36.0 Å². The Morgan fingerprint density at radius 3 is 2.36 bits per heavy atom. The van der Waals surface area contributed by atoms with Crippen LogP contribution in [0.2, 0.25) is 5.02 Å². The molecule has 0 aliphatic rings. The molecule has 0 saturated heterocycles. The number of aromatic nitrogens is 2. The molecule has 0 unspecified atom stereocenters. The first kappa shape index (κ1) is 20.5. The van der Waals surface area contributed by atoms with Crippen molar-refractivity contribution in [1.29, 1.82) is 0 Å². The van der Waals surface area contributed by atoms with Crippen LogP contribution in [0.5, 0.6) is 0 Å². The van der Waals surface area contributed by atoms with Gasteiger partial charge in [-0.25, -0.2) is 8.42 Å². The Bertz CT molecular complexity index is 1020. The Morgan fingerprint density at radius 2 is 1.71 bits per heavy atom. The normalized spacial score (nSPS) is 11.9. The summed E-state index contributed by atoms with van der Waals surface area (Å²) >= 11 is 5.87. The highest BCUT2D eigenvalue weighted by molar-refractivity contribution is 7.89. The molecule has 0 atom stereocenters. The van der Waals surface area contributed by atoms with Gasteiger partial charge in [-0.15, -0.1) is 0 Å². The number of hydrogen-bond acceptors (Lipinski definition) is 5. The highest BCUT2D eigenvalue weighted by atomic mass is 35.5. The fourth-order valence-corrected chi connectivity index (χ4v) is 4.41. The van der Waals surface area contributed by atoms with E-state index >= 15 is 0 Å². The Morgan fingerprint density at radius 1 is 1.04 bits per heavy atom. The molecule has 0 saturated carbocycles. The van der Waals surface area contributed by atoms with Crippen LogP contribution >= 0.6 is 11.6 Å². The fourth-order valence-electron chi connectivity index (χ4n) is 2.75. The van der Waals surface area contributed by atoms with Gasteiger partial charge in [-0.3, -0.25) is 0 Å². The summed E-state index contributed by atoms with van der Waals surface area (Å²) in [4.78, 5) is 4.61. The lowest BCUT2D eigenvalue weighted by molar-refractivity contribution is 0.351. The lowest BCUT2D eigenvalue weighted by atomic mass is 10.1. The summed E-state index contributed by atoms with van der Waals surface area (Å²) < 4.78 is 32.6. The van der Waals surface area contributed by atoms with Crippen LogP contribution in [-0.2, 0) is 16.4 Å². The molecule has 1 heterocycles. The lowest BCUT2D eigenvalue weighted by Gasteiger charge is -2.21. The van der Waals surface area contributed by atoms with Gasteiger partial charge in [0.05, 0.1) is 4.90 Å². The largest absolute Gasteiger partial charge is 0.339 e. The van der Waals surface area contributed by atoms with Crippen molar-refractivity contribution in [3.8, 4) is 11.4 Å². The van der Waals surface area contributed by atoms with Gasteiger partial charge < -0.3 is 4.52 Å². The zero-order valence-corrected chi connectivity index (χ0v) is 17.4. The SMILES string of the molecule is CCCN(CCc1nc(-c2ccc(C)cc2)no1)S(=O)(=O)c1ccc(Cl)cc1. The van der Waals surface area contributed by atoms with E-state index in [2.05, 4.69) is 10.1 Å². The van der Waals surface area contributed by atoms with Gasteiger partial charge in [0.25, 0.3) is 0 Å². The third-order valence-electron chi connectivity index (χ3n) is 4.28. The molecule has 8 heteroatoms. The van der Waals surface area contributed by atoms with Crippen molar-refractivity contribution in [3.05, 3.63) is 65.0 Å². The second kappa shape index (κ2) is 8.86. The molecule has 3 rings (SSSR count). The Hall–Kier alpha value is -2.22. The third-order valence-corrected chi connectivity index (χ3v) is 6.44. The van der Waals surface area contributed by atoms with E-state index in [1.165, 1.54) is 16.4 Å². The lowest BCUT2D eigenvalue weighted by Crippen LogP contribution is -2.33. The monoisotopic (exact) mass is 419 g/mol. The molecule has 0 aliphatic heterocycles. The van der Waals surface area contributed by atoms with E-state index in [4.69, 9.17) is 16.1 Å². The molecule has 6 nitrogen and oxygen atoms in total. The molecule has 0 spiro atoms. The smallest absolute Gasteiger partial charge is 0.243 e. The summed E-state index contributed by atoms with van der Waals surface area (Å²) in [6.07, 6.45) is 1.04. The molecule has 148 valence electrons. The van der Waals surface area contributed by atoms with Crippen molar-refractivity contribution >= 4 is 21.6 Å². The third kappa shape index (κ3) is 4.79. The van der Waals surface area contributed by atoms with Crippen molar-refractivity contribution in [1.82, 2.24) is 14.4 Å². The quantitative estimate of drug-likeness (QED) is 0.542. The maximum absolute atomic E-state index is 12.9. The van der Waals surface area contributed by atoms with Crippen LogP contribution in [0.25, 0.3) is 11.4 Å². The number of rotatable bonds is 8. The van der Waals surface area contributed by atoms with E-state index in [0.29, 0.717) is 36.1 Å². The number of halogens is 1. The van der Waals surface area contributed by atoms with Gasteiger partial charge in [0.2, 0.25) is 21.7 Å². The van der Waals surface area contributed by atoms with Crippen molar-refractivity contribution in [2.75, 3.05) is 13.1 Å². The molecule has 3 aromatic rings. The summed E-state index contributed by atoms with van der Waals surface area (Å²) in [5, 5.41) is 4.50. The summed E-state index contributed by atoms with van der Waals surface area (Å²) in [7, 11) is -3.62. The van der Waals surface area contributed by atoms with E-state index < -0.39 is 10.0 Å². The summed E-state index contributed by atoms with van der Waals surface area (Å²) in [5.74, 6) is 0.903. The van der Waals surface area contributed by atoms with E-state index in [-0.39, 0.29) is 11.4 Å². The molecular weight excluding hydrogens is 398 g/mol. The minimum Gasteiger partial charge on any atom is -0.339 e. The number of aryl methyl sites for hydroxylation is 1. The van der Waals surface area contributed by atoms with Crippen molar-refractivity contribution in [3.63, 3.8) is 0 Å². The standard InChI is InChI=1S/C20H22ClN3O3S/c1-3-13-24(28(25,26)18-10-8-17(21)9-11-18)14-12-19-22-20(23-27-19)16-6-4-15(2)5-7-16/h4-11H,3,12-14H2,1-2H3. The fraction of sp³-hybridized carbons (Fsp3) is 0.300. The summed E-state index contributed by atoms with van der Waals surface area (Å²) in [5.41, 5.74) is 2.01. The predicted molar refractivity (Wildman–Crippen MR) is 109 cm³/mol. The molecule has 1 aromatic heterocycles. The van der Waals surface area contributed by atoms with Gasteiger partial charge in [-0.05, 0) is 37.6 Å². The van der Waals surface area contributed by atoms with E-state index in [0.717, 1.165) is 11.1 Å². The molecule has 0 amide bonds. The first-order valence-corrected chi connectivity index (χ1v) is 10.9. The van der Waals surface area contributed by atoms with Gasteiger partial charge in [-0.2, -0.15) is 9.29 Å². The number of nitrogens with zero attached hydrogens (tertiary/aromatic N) is 3. The van der Waals surface area contributed by atoms with Crippen molar-refractivity contribution in [2.24, 2.45) is 0 Å². The second-order valence-electron chi connectivity index (χ2n) is 6.49. The Kier molecular flexibility index (Phi) is 6.49. The topological polar surface area (TPSA) is 76.3 Å². The van der Waals surface area contributed by atoms with Gasteiger partial charge in [0, 0.05) is 30.1 Å². The minimum atomic E-state index is -3.62. The zero-order chi connectivity index (χ0) is 20.1. The average Bonchev–Trinajstić information content (AvgIpc) is 3.15. The van der Waals surface area contributed by atoms with Crippen LogP contribution in [0.3, 0.4) is 0 Å². The molecule has 0 radical (unpaired) electrons. The Balaban J connectivity index is 1.73. The summed E-state index contributed by atoms with van der Waals surface area (Å²) in [6.45, 7) is 4.61. The second-order valence-corrected chi connectivity index (χ2v) is 8.86. The highest BCUT2D eigenvalue weighted by Crippen LogP contribution is 2.20. The number of sulfonamides is 1. The Labute approximate surface area is 170 Å². The number of benzene rings is 2. The van der Waals surface area contributed by atoms with Crippen molar-refractivity contribution < 1.29 is 12.9 Å². The van der Waals surface area contributed by atoms with Crippen LogP contribution in [0.4, 0.5) is 0 Å². The molecule has 0 bridgehead atoms. The molecule has 2 aromatic carbocycles. The van der Waals surface area contributed by atoms with Gasteiger partial charge in [0.1, 0.15) is 0 Å². The first-order valence-electron chi connectivity index (χ1n) is 9.05. The van der Waals surface area contributed by atoms with Crippen LogP contribution in [0.15, 0.2) is 57.9 Å². The van der Waals surface area contributed by atoms with Gasteiger partial charge in [-0.1, -0.05) is 53.5 Å². The predicted octanol–water partition coefficient (Wildman–Crippen LogP) is 4.34. The zero-order valence-electron chi connectivity index (χ0n) is 15.8. The van der Waals surface area contributed by atoms with E-state index in [9.17, 15) is 8.42 Å². The molecular formula is C20H22ClN3O3S. The maximum Gasteiger partial charge on any atom is 0.243 e. The van der Waals surface area contributed by atoms with E-state index in [1.54, 1.807) is 12.1 Å². The minimum absolute atomic E-state index is 0.219. The van der Waals surface area contributed by atoms with Gasteiger partial charge in [0.15, 0.2) is 0 Å². The van der Waals surface area contributed by atoms with E-state index in [1.807, 2.05) is 38.1 Å². The van der Waals surface area contributed by atoms with Crippen LogP contribution in [0, 0.1) is 6.92 Å². The van der Waals surface area contributed by atoms with Crippen molar-refractivity contribution in [2.45, 2.75) is 31.6 Å². The van der Waals surface area contributed by atoms with Crippen LogP contribution < -0.4 is 0 Å². The van der Waals surface area contributed by atoms with Crippen LogP contribution in [0.1, 0.15) is 24.8 Å². The first-order chi connectivity index (χ1) is 13.4. The highest BCUT2D eigenvalue weighted by Gasteiger charge is 2.24. The maximum atomic E-state index is 12.9. The molecule has 0 N–H and O–H groups in total. The number of hydrogen-bond donors (Lipinski definition) is 0.